The first-order valence-corrected chi connectivity index (χ1v) is 8.73. The molecule has 1 heterocycles. The Morgan fingerprint density at radius 2 is 1.96 bits per heavy atom. The largest absolute Gasteiger partial charge is 0.479 e. The molecule has 0 saturated heterocycles. The predicted octanol–water partition coefficient (Wildman–Crippen LogP) is 1.90. The zero-order valence-corrected chi connectivity index (χ0v) is 13.8. The lowest BCUT2D eigenvalue weighted by Crippen LogP contribution is -2.34. The molecular formula is C16H14N2O6S. The number of para-hydroxylation sites is 1. The number of carboxylic acids is 1. The van der Waals surface area contributed by atoms with Crippen LogP contribution in [0.15, 0.2) is 47.4 Å². The van der Waals surface area contributed by atoms with E-state index < -0.39 is 22.1 Å². The maximum Gasteiger partial charge on any atom is 0.337 e. The molecule has 1 aliphatic heterocycles. The summed E-state index contributed by atoms with van der Waals surface area (Å²) in [7, 11) is -4.05. The fourth-order valence-electron chi connectivity index (χ4n) is 2.32. The van der Waals surface area contributed by atoms with Crippen LogP contribution in [0.25, 0.3) is 0 Å². The van der Waals surface area contributed by atoms with Crippen molar-refractivity contribution in [2.75, 3.05) is 10.0 Å². The summed E-state index contributed by atoms with van der Waals surface area (Å²) in [5.74, 6) is -1.28. The number of fused-ring (bicyclic) bond motifs is 1. The summed E-state index contributed by atoms with van der Waals surface area (Å²) >= 11 is 0. The number of carbonyl (C=O) groups is 2. The molecule has 130 valence electrons. The second-order valence-electron chi connectivity index (χ2n) is 5.36. The van der Waals surface area contributed by atoms with Gasteiger partial charge >= 0.3 is 5.97 Å². The number of rotatable bonds is 4. The summed E-state index contributed by atoms with van der Waals surface area (Å²) in [6, 6.07) is 9.66. The highest BCUT2D eigenvalue weighted by molar-refractivity contribution is 7.92. The number of aromatic carboxylic acids is 1. The van der Waals surface area contributed by atoms with E-state index in [1.807, 2.05) is 0 Å². The van der Waals surface area contributed by atoms with Gasteiger partial charge in [-0.1, -0.05) is 12.1 Å². The first-order valence-electron chi connectivity index (χ1n) is 7.24. The third kappa shape index (κ3) is 3.26. The Labute approximate surface area is 143 Å². The van der Waals surface area contributed by atoms with Crippen molar-refractivity contribution in [3.63, 3.8) is 0 Å². The smallest absolute Gasteiger partial charge is 0.337 e. The van der Waals surface area contributed by atoms with E-state index in [1.54, 1.807) is 6.92 Å². The van der Waals surface area contributed by atoms with Gasteiger partial charge in [-0.3, -0.25) is 9.52 Å². The summed E-state index contributed by atoms with van der Waals surface area (Å²) in [5.41, 5.74) is 0.00798. The first kappa shape index (κ1) is 16.8. The number of hydrogen-bond donors (Lipinski definition) is 3. The molecule has 0 radical (unpaired) electrons. The molecule has 0 aliphatic carbocycles. The Bertz CT molecular complexity index is 970. The minimum atomic E-state index is -4.05. The summed E-state index contributed by atoms with van der Waals surface area (Å²) in [5, 5.41) is 11.7. The van der Waals surface area contributed by atoms with Crippen molar-refractivity contribution in [1.82, 2.24) is 0 Å². The summed E-state index contributed by atoms with van der Waals surface area (Å²) in [6.45, 7) is 1.58. The Hall–Kier alpha value is -3.07. The molecule has 3 N–H and O–H groups in total. The van der Waals surface area contributed by atoms with Crippen LogP contribution in [0.3, 0.4) is 0 Å². The Balaban J connectivity index is 1.95. The van der Waals surface area contributed by atoms with Crippen molar-refractivity contribution in [1.29, 1.82) is 0 Å². The molecule has 9 heteroatoms. The van der Waals surface area contributed by atoms with Gasteiger partial charge in [0, 0.05) is 0 Å². The van der Waals surface area contributed by atoms with Gasteiger partial charge in [-0.25, -0.2) is 13.2 Å². The molecule has 0 spiro atoms. The van der Waals surface area contributed by atoms with Crippen LogP contribution >= 0.6 is 0 Å². The van der Waals surface area contributed by atoms with Crippen LogP contribution in [0.4, 0.5) is 11.4 Å². The van der Waals surface area contributed by atoms with E-state index >= 15 is 0 Å². The van der Waals surface area contributed by atoms with Crippen molar-refractivity contribution in [2.45, 2.75) is 17.9 Å². The number of benzene rings is 2. The lowest BCUT2D eigenvalue weighted by molar-refractivity contribution is -0.122. The fraction of sp³-hybridized carbons (Fsp3) is 0.125. The molecule has 8 nitrogen and oxygen atoms in total. The fourth-order valence-corrected chi connectivity index (χ4v) is 3.42. The highest BCUT2D eigenvalue weighted by atomic mass is 32.2. The molecular weight excluding hydrogens is 348 g/mol. The van der Waals surface area contributed by atoms with E-state index in [-0.39, 0.29) is 27.7 Å². The number of sulfonamides is 1. The second-order valence-corrected chi connectivity index (χ2v) is 7.05. The standard InChI is InChI=1S/C16H14N2O6S/c1-9-15(19)17-13-8-10(6-7-14(13)24-9)25(22,23)18-12-5-3-2-4-11(12)16(20)21/h2-9,18H,1H3,(H,17,19)(H,20,21). The molecule has 1 amide bonds. The third-order valence-corrected chi connectivity index (χ3v) is 4.96. The van der Waals surface area contributed by atoms with Gasteiger partial charge in [0.05, 0.1) is 21.8 Å². The molecule has 0 saturated carbocycles. The number of anilines is 2. The Morgan fingerprint density at radius 1 is 1.24 bits per heavy atom. The normalized spacial score (nSPS) is 16.4. The van der Waals surface area contributed by atoms with Crippen molar-refractivity contribution in [3.05, 3.63) is 48.0 Å². The molecule has 0 aromatic heterocycles. The Morgan fingerprint density at radius 3 is 2.68 bits per heavy atom. The third-order valence-electron chi connectivity index (χ3n) is 3.59. The molecule has 0 bridgehead atoms. The van der Waals surface area contributed by atoms with Crippen LogP contribution in [0, 0.1) is 0 Å². The van der Waals surface area contributed by atoms with Crippen LogP contribution in [0.1, 0.15) is 17.3 Å². The molecule has 25 heavy (non-hydrogen) atoms. The van der Waals surface area contributed by atoms with Gasteiger partial charge in [0.25, 0.3) is 15.9 Å². The summed E-state index contributed by atoms with van der Waals surface area (Å²) < 4.78 is 32.7. The van der Waals surface area contributed by atoms with Crippen LogP contribution in [0.2, 0.25) is 0 Å². The highest BCUT2D eigenvalue weighted by Crippen LogP contribution is 2.32. The van der Waals surface area contributed by atoms with E-state index in [4.69, 9.17) is 9.84 Å². The number of ether oxygens (including phenoxy) is 1. The average Bonchev–Trinajstić information content (AvgIpc) is 2.55. The number of hydrogen-bond acceptors (Lipinski definition) is 5. The van der Waals surface area contributed by atoms with Crippen molar-refractivity contribution in [2.24, 2.45) is 0 Å². The Kier molecular flexibility index (Phi) is 4.09. The SMILES string of the molecule is CC1Oc2ccc(S(=O)(=O)Nc3ccccc3C(=O)O)cc2NC1=O. The quantitative estimate of drug-likeness (QED) is 0.764. The molecule has 1 aliphatic rings. The van der Waals surface area contributed by atoms with Crippen molar-refractivity contribution >= 4 is 33.3 Å². The summed E-state index contributed by atoms with van der Waals surface area (Å²) in [4.78, 5) is 22.7. The van der Waals surface area contributed by atoms with Gasteiger partial charge < -0.3 is 15.2 Å². The molecule has 2 aromatic rings. The highest BCUT2D eigenvalue weighted by Gasteiger charge is 2.26. The van der Waals surface area contributed by atoms with Crippen molar-refractivity contribution in [3.8, 4) is 5.75 Å². The molecule has 0 fully saturated rings. The number of nitrogens with one attached hydrogen (secondary N) is 2. The van der Waals surface area contributed by atoms with Crippen LogP contribution in [0.5, 0.6) is 5.75 Å². The number of amides is 1. The molecule has 1 atom stereocenters. The first-order chi connectivity index (χ1) is 11.8. The van der Waals surface area contributed by atoms with E-state index in [1.165, 1.54) is 42.5 Å². The zero-order valence-electron chi connectivity index (χ0n) is 13.0. The lowest BCUT2D eigenvalue weighted by Gasteiger charge is -2.23. The molecule has 2 aromatic carbocycles. The molecule has 1 unspecified atom stereocenters. The maximum absolute atomic E-state index is 12.6. The number of carbonyl (C=O) groups excluding carboxylic acids is 1. The van der Waals surface area contributed by atoms with E-state index in [2.05, 4.69) is 10.0 Å². The van der Waals surface area contributed by atoms with E-state index in [0.717, 1.165) is 0 Å². The maximum atomic E-state index is 12.6. The minimum Gasteiger partial charge on any atom is -0.479 e. The minimum absolute atomic E-state index is 0.0540. The van der Waals surface area contributed by atoms with Crippen LogP contribution < -0.4 is 14.8 Å². The van der Waals surface area contributed by atoms with Crippen molar-refractivity contribution < 1.29 is 27.9 Å². The predicted molar refractivity (Wildman–Crippen MR) is 89.4 cm³/mol. The topological polar surface area (TPSA) is 122 Å². The summed E-state index contributed by atoms with van der Waals surface area (Å²) in [6.07, 6.45) is -0.671. The lowest BCUT2D eigenvalue weighted by atomic mass is 10.2. The zero-order chi connectivity index (χ0) is 18.2. The van der Waals surface area contributed by atoms with Gasteiger partial charge in [-0.2, -0.15) is 0 Å². The average molecular weight is 362 g/mol. The van der Waals surface area contributed by atoms with Crippen LogP contribution in [-0.2, 0) is 14.8 Å². The van der Waals surface area contributed by atoms with E-state index in [9.17, 15) is 18.0 Å². The molecule has 3 rings (SSSR count). The second kappa shape index (κ2) is 6.10. The van der Waals surface area contributed by atoms with E-state index in [0.29, 0.717) is 5.75 Å². The van der Waals surface area contributed by atoms with Crippen LogP contribution in [-0.4, -0.2) is 31.5 Å². The van der Waals surface area contributed by atoms with Gasteiger partial charge in [-0.05, 0) is 37.3 Å². The van der Waals surface area contributed by atoms with Gasteiger partial charge in [-0.15, -0.1) is 0 Å². The number of carboxylic acid groups (broad SMARTS) is 1. The van der Waals surface area contributed by atoms with Gasteiger partial charge in [0.15, 0.2) is 6.10 Å². The van der Waals surface area contributed by atoms with Gasteiger partial charge in [0.1, 0.15) is 5.75 Å². The monoisotopic (exact) mass is 362 g/mol. The van der Waals surface area contributed by atoms with Gasteiger partial charge in [0.2, 0.25) is 0 Å².